The summed E-state index contributed by atoms with van der Waals surface area (Å²) in [7, 11) is 4.69. The van der Waals surface area contributed by atoms with Crippen molar-refractivity contribution >= 4 is 11.7 Å². The monoisotopic (exact) mass is 224 g/mol. The van der Waals surface area contributed by atoms with Crippen LogP contribution in [0.5, 0.6) is 11.5 Å². The molecule has 1 aromatic carbocycles. The summed E-state index contributed by atoms with van der Waals surface area (Å²) in [5.41, 5.74) is 1.60. The Bertz CT molecular complexity index is 391. The van der Waals surface area contributed by atoms with E-state index in [2.05, 4.69) is 10.6 Å². The number of anilines is 1. The molecule has 1 rings (SSSR count). The molecule has 0 aromatic heterocycles. The van der Waals surface area contributed by atoms with Gasteiger partial charge in [-0.05, 0) is 18.6 Å². The van der Waals surface area contributed by atoms with Crippen molar-refractivity contribution in [3.63, 3.8) is 0 Å². The number of amides is 2. The summed E-state index contributed by atoms with van der Waals surface area (Å²) in [5, 5.41) is 5.18. The molecule has 0 bridgehead atoms. The van der Waals surface area contributed by atoms with Gasteiger partial charge in [-0.2, -0.15) is 0 Å². The highest BCUT2D eigenvalue weighted by molar-refractivity contribution is 5.90. The van der Waals surface area contributed by atoms with Gasteiger partial charge in [-0.25, -0.2) is 4.79 Å². The van der Waals surface area contributed by atoms with Crippen LogP contribution in [0.3, 0.4) is 0 Å². The molecular formula is C11H16N2O3. The average molecular weight is 224 g/mol. The van der Waals surface area contributed by atoms with E-state index in [1.54, 1.807) is 27.3 Å². The zero-order chi connectivity index (χ0) is 12.1. The quantitative estimate of drug-likeness (QED) is 0.822. The number of rotatable bonds is 3. The third-order valence-corrected chi connectivity index (χ3v) is 2.21. The standard InChI is InChI=1S/C11H16N2O3/c1-7-5-9(15-3)10(16-4)6-8(7)13-11(14)12-2/h5-6H,1-4H3,(H2,12,13,14). The second kappa shape index (κ2) is 5.25. The van der Waals surface area contributed by atoms with Crippen LogP contribution in [-0.4, -0.2) is 27.3 Å². The number of methoxy groups -OCH3 is 2. The zero-order valence-electron chi connectivity index (χ0n) is 9.88. The minimum atomic E-state index is -0.268. The summed E-state index contributed by atoms with van der Waals surface area (Å²) in [6, 6.07) is 3.27. The number of ether oxygens (including phenoxy) is 2. The van der Waals surface area contributed by atoms with Crippen LogP contribution in [-0.2, 0) is 0 Å². The molecule has 2 N–H and O–H groups in total. The summed E-state index contributed by atoms with van der Waals surface area (Å²) in [4.78, 5) is 11.2. The topological polar surface area (TPSA) is 59.6 Å². The van der Waals surface area contributed by atoms with E-state index in [9.17, 15) is 4.79 Å². The fourth-order valence-electron chi connectivity index (χ4n) is 1.30. The Morgan fingerprint density at radius 2 is 1.75 bits per heavy atom. The maximum atomic E-state index is 11.2. The second-order valence-corrected chi connectivity index (χ2v) is 3.23. The summed E-state index contributed by atoms with van der Waals surface area (Å²) in [6.07, 6.45) is 0. The highest BCUT2D eigenvalue weighted by Gasteiger charge is 2.09. The van der Waals surface area contributed by atoms with Gasteiger partial charge in [-0.1, -0.05) is 0 Å². The maximum Gasteiger partial charge on any atom is 0.318 e. The molecule has 88 valence electrons. The van der Waals surface area contributed by atoms with Gasteiger partial charge in [0, 0.05) is 18.8 Å². The first-order chi connectivity index (χ1) is 7.62. The Hall–Kier alpha value is -1.91. The first-order valence-corrected chi connectivity index (χ1v) is 4.83. The molecule has 16 heavy (non-hydrogen) atoms. The lowest BCUT2D eigenvalue weighted by Gasteiger charge is -2.13. The summed E-state index contributed by atoms with van der Waals surface area (Å²) in [6.45, 7) is 1.88. The van der Waals surface area contributed by atoms with Gasteiger partial charge >= 0.3 is 6.03 Å². The van der Waals surface area contributed by atoms with Crippen molar-refractivity contribution < 1.29 is 14.3 Å². The molecule has 0 fully saturated rings. The van der Waals surface area contributed by atoms with Crippen molar-refractivity contribution in [1.29, 1.82) is 0 Å². The van der Waals surface area contributed by atoms with Gasteiger partial charge in [0.05, 0.1) is 14.2 Å². The Labute approximate surface area is 94.7 Å². The first kappa shape index (κ1) is 12.2. The minimum Gasteiger partial charge on any atom is -0.493 e. The van der Waals surface area contributed by atoms with Gasteiger partial charge in [-0.3, -0.25) is 0 Å². The van der Waals surface area contributed by atoms with Crippen LogP contribution in [0.2, 0.25) is 0 Å². The molecule has 0 aliphatic rings. The lowest BCUT2D eigenvalue weighted by molar-refractivity contribution is 0.254. The van der Waals surface area contributed by atoms with Gasteiger partial charge < -0.3 is 20.1 Å². The number of hydrogen-bond donors (Lipinski definition) is 2. The number of nitrogens with one attached hydrogen (secondary N) is 2. The van der Waals surface area contributed by atoms with Crippen molar-refractivity contribution in [3.05, 3.63) is 17.7 Å². The van der Waals surface area contributed by atoms with E-state index in [0.29, 0.717) is 17.2 Å². The Balaban J connectivity index is 3.06. The molecule has 0 radical (unpaired) electrons. The number of carbonyl (C=O) groups is 1. The molecule has 5 heteroatoms. The van der Waals surface area contributed by atoms with Crippen molar-refractivity contribution in [1.82, 2.24) is 5.32 Å². The van der Waals surface area contributed by atoms with E-state index in [0.717, 1.165) is 5.56 Å². The molecule has 0 saturated heterocycles. The molecule has 0 saturated carbocycles. The van der Waals surface area contributed by atoms with Crippen LogP contribution in [0, 0.1) is 6.92 Å². The van der Waals surface area contributed by atoms with E-state index >= 15 is 0 Å². The highest BCUT2D eigenvalue weighted by Crippen LogP contribution is 2.32. The van der Waals surface area contributed by atoms with Gasteiger partial charge in [0.15, 0.2) is 11.5 Å². The van der Waals surface area contributed by atoms with Crippen LogP contribution in [0.25, 0.3) is 0 Å². The molecule has 0 unspecified atom stereocenters. The van der Waals surface area contributed by atoms with Crippen LogP contribution < -0.4 is 20.1 Å². The third-order valence-electron chi connectivity index (χ3n) is 2.21. The van der Waals surface area contributed by atoms with Crippen LogP contribution >= 0.6 is 0 Å². The maximum absolute atomic E-state index is 11.2. The summed E-state index contributed by atoms with van der Waals surface area (Å²) in [5.74, 6) is 1.22. The summed E-state index contributed by atoms with van der Waals surface area (Å²) < 4.78 is 10.3. The predicted molar refractivity (Wildman–Crippen MR) is 62.4 cm³/mol. The fourth-order valence-corrected chi connectivity index (χ4v) is 1.30. The first-order valence-electron chi connectivity index (χ1n) is 4.83. The molecule has 0 aliphatic heterocycles. The SMILES string of the molecule is CNC(=O)Nc1cc(OC)c(OC)cc1C. The molecular weight excluding hydrogens is 208 g/mol. The normalized spacial score (nSPS) is 9.50. The predicted octanol–water partition coefficient (Wildman–Crippen LogP) is 1.76. The average Bonchev–Trinajstić information content (AvgIpc) is 2.30. The molecule has 1 aromatic rings. The number of urea groups is 1. The van der Waals surface area contributed by atoms with E-state index in [-0.39, 0.29) is 6.03 Å². The lowest BCUT2D eigenvalue weighted by atomic mass is 10.1. The van der Waals surface area contributed by atoms with Gasteiger partial charge in [-0.15, -0.1) is 0 Å². The van der Waals surface area contributed by atoms with E-state index in [4.69, 9.17) is 9.47 Å². The van der Waals surface area contributed by atoms with E-state index in [1.165, 1.54) is 0 Å². The highest BCUT2D eigenvalue weighted by atomic mass is 16.5. The number of carbonyl (C=O) groups excluding carboxylic acids is 1. The Morgan fingerprint density at radius 3 is 2.25 bits per heavy atom. The van der Waals surface area contributed by atoms with Crippen LogP contribution in [0.15, 0.2) is 12.1 Å². The van der Waals surface area contributed by atoms with E-state index < -0.39 is 0 Å². The lowest BCUT2D eigenvalue weighted by Crippen LogP contribution is -2.24. The Morgan fingerprint density at radius 1 is 1.19 bits per heavy atom. The van der Waals surface area contributed by atoms with Crippen molar-refractivity contribution in [2.75, 3.05) is 26.6 Å². The molecule has 0 spiro atoms. The fraction of sp³-hybridized carbons (Fsp3) is 0.364. The third kappa shape index (κ3) is 2.56. The van der Waals surface area contributed by atoms with E-state index in [1.807, 2.05) is 13.0 Å². The Kier molecular flexibility index (Phi) is 3.99. The number of benzene rings is 1. The number of hydrogen-bond acceptors (Lipinski definition) is 3. The van der Waals surface area contributed by atoms with Crippen LogP contribution in [0.1, 0.15) is 5.56 Å². The van der Waals surface area contributed by atoms with Gasteiger partial charge in [0.1, 0.15) is 0 Å². The second-order valence-electron chi connectivity index (χ2n) is 3.23. The summed E-state index contributed by atoms with van der Waals surface area (Å²) >= 11 is 0. The molecule has 5 nitrogen and oxygen atoms in total. The molecule has 0 atom stereocenters. The molecule has 0 heterocycles. The minimum absolute atomic E-state index is 0.268. The van der Waals surface area contributed by atoms with Gasteiger partial charge in [0.2, 0.25) is 0 Å². The molecule has 0 aliphatic carbocycles. The zero-order valence-corrected chi connectivity index (χ0v) is 9.88. The largest absolute Gasteiger partial charge is 0.493 e. The smallest absolute Gasteiger partial charge is 0.318 e. The van der Waals surface area contributed by atoms with Crippen molar-refractivity contribution in [3.8, 4) is 11.5 Å². The molecule has 2 amide bonds. The van der Waals surface area contributed by atoms with Crippen LogP contribution in [0.4, 0.5) is 10.5 Å². The van der Waals surface area contributed by atoms with Crippen molar-refractivity contribution in [2.24, 2.45) is 0 Å². The van der Waals surface area contributed by atoms with Crippen molar-refractivity contribution in [2.45, 2.75) is 6.92 Å². The van der Waals surface area contributed by atoms with Gasteiger partial charge in [0.25, 0.3) is 0 Å². The number of aryl methyl sites for hydroxylation is 1.